The van der Waals surface area contributed by atoms with Crippen LogP contribution >= 0.6 is 31.9 Å². The summed E-state index contributed by atoms with van der Waals surface area (Å²) in [6.45, 7) is 2.50. The molecule has 1 saturated heterocycles. The van der Waals surface area contributed by atoms with Crippen molar-refractivity contribution in [2.45, 2.75) is 24.5 Å². The molecule has 1 amide bonds. The summed E-state index contributed by atoms with van der Waals surface area (Å²) in [5.74, 6) is 1.02. The molecule has 5 rings (SSSR count). The summed E-state index contributed by atoms with van der Waals surface area (Å²) in [6, 6.07) is 23.2. The number of amides is 1. The van der Waals surface area contributed by atoms with Crippen LogP contribution in [0.2, 0.25) is 0 Å². The van der Waals surface area contributed by atoms with Crippen molar-refractivity contribution < 1.29 is 24.1 Å². The Balaban J connectivity index is 1.60. The molecule has 0 bridgehead atoms. The number of aliphatic hydroxyl groups excluding tert-OH is 1. The van der Waals surface area contributed by atoms with E-state index < -0.39 is 11.6 Å². The number of carbonyl (C=O) groups excluding carboxylic acids is 1. The normalized spacial score (nSPS) is 20.8. The van der Waals surface area contributed by atoms with Crippen LogP contribution in [0.25, 0.3) is 0 Å². The first kappa shape index (κ1) is 27.8. The zero-order chi connectivity index (χ0) is 27.2. The summed E-state index contributed by atoms with van der Waals surface area (Å²) in [6.07, 6.45) is 0.250. The number of benzene rings is 3. The zero-order valence-electron chi connectivity index (χ0n) is 21.4. The second-order valence-corrected chi connectivity index (χ2v) is 11.2. The lowest BCUT2D eigenvalue weighted by Gasteiger charge is -2.37. The van der Waals surface area contributed by atoms with Crippen LogP contribution in [0.3, 0.4) is 0 Å². The fourth-order valence-corrected chi connectivity index (χ4v) is 5.82. The lowest BCUT2D eigenvalue weighted by molar-refractivity contribution is -0.143. The molecule has 1 fully saturated rings. The van der Waals surface area contributed by atoms with Crippen LogP contribution in [0.1, 0.15) is 29.2 Å². The number of hydrogen-bond acceptors (Lipinski definition) is 6. The molecule has 2 aliphatic rings. The molecule has 0 spiro atoms. The van der Waals surface area contributed by atoms with Crippen LogP contribution in [0, 0.1) is 0 Å². The molecule has 0 unspecified atom stereocenters. The van der Waals surface area contributed by atoms with Crippen molar-refractivity contribution in [2.75, 3.05) is 39.5 Å². The highest BCUT2D eigenvalue weighted by molar-refractivity contribution is 9.10. The molecule has 2 aliphatic heterocycles. The van der Waals surface area contributed by atoms with Gasteiger partial charge in [0.15, 0.2) is 11.6 Å². The molecule has 1 N–H and O–H groups in total. The van der Waals surface area contributed by atoms with Crippen molar-refractivity contribution in [3.63, 3.8) is 0 Å². The van der Waals surface area contributed by atoms with Gasteiger partial charge in [-0.2, -0.15) is 0 Å². The van der Waals surface area contributed by atoms with Crippen molar-refractivity contribution >= 4 is 43.7 Å². The molecule has 2 heterocycles. The Hall–Kier alpha value is -2.72. The lowest BCUT2D eigenvalue weighted by atomic mass is 9.81. The second kappa shape index (κ2) is 12.6. The van der Waals surface area contributed by atoms with Crippen LogP contribution in [0.4, 0.5) is 0 Å². The van der Waals surface area contributed by atoms with Gasteiger partial charge in [-0.25, -0.2) is 4.99 Å². The Bertz CT molecular complexity index is 1330. The van der Waals surface area contributed by atoms with E-state index in [4.69, 9.17) is 24.3 Å². The molecule has 0 aromatic heterocycles. The van der Waals surface area contributed by atoms with Crippen LogP contribution < -0.4 is 4.74 Å². The fraction of sp³-hybridized carbons (Fsp3) is 0.333. The SMILES string of the molecule is O=C(N1CCOCC1)[C@]1(Cc2ccccc2Br)N=C(c2ccc(OCCCO)cc2)O[C@@H]1c1ccccc1Br. The summed E-state index contributed by atoms with van der Waals surface area (Å²) in [5, 5.41) is 9.02. The van der Waals surface area contributed by atoms with E-state index in [1.54, 1.807) is 0 Å². The molecule has 204 valence electrons. The van der Waals surface area contributed by atoms with Crippen molar-refractivity contribution in [1.82, 2.24) is 4.90 Å². The van der Waals surface area contributed by atoms with Gasteiger partial charge in [-0.05, 0) is 42.0 Å². The third-order valence-electron chi connectivity index (χ3n) is 6.91. The van der Waals surface area contributed by atoms with Crippen LogP contribution in [-0.4, -0.2) is 66.9 Å². The Kier molecular flexibility index (Phi) is 9.02. The minimum atomic E-state index is -1.24. The van der Waals surface area contributed by atoms with E-state index >= 15 is 0 Å². The highest BCUT2D eigenvalue weighted by atomic mass is 79.9. The van der Waals surface area contributed by atoms with Gasteiger partial charge in [0.05, 0.1) is 19.8 Å². The standard InChI is InChI=1S/C30H30Br2N2O5/c31-25-8-3-1-6-22(25)20-30(29(36)34-14-18-37-19-15-34)27(24-7-2-4-9-26(24)32)39-28(33-30)21-10-12-23(13-11-21)38-17-5-16-35/h1-4,6-13,27,35H,5,14-20H2/t27-,30-/m1/s1. The summed E-state index contributed by atoms with van der Waals surface area (Å²) >= 11 is 7.38. The van der Waals surface area contributed by atoms with Crippen molar-refractivity contribution in [3.8, 4) is 5.75 Å². The smallest absolute Gasteiger partial charge is 0.255 e. The van der Waals surface area contributed by atoms with E-state index in [1.165, 1.54) is 0 Å². The van der Waals surface area contributed by atoms with E-state index in [0.29, 0.717) is 57.4 Å². The Morgan fingerprint density at radius 2 is 1.69 bits per heavy atom. The number of carbonyl (C=O) groups is 1. The number of halogens is 2. The fourth-order valence-electron chi connectivity index (χ4n) is 4.90. The van der Waals surface area contributed by atoms with Crippen molar-refractivity contribution in [3.05, 3.63) is 98.4 Å². The largest absolute Gasteiger partial charge is 0.494 e. The van der Waals surface area contributed by atoms with Gasteiger partial charge in [-0.15, -0.1) is 0 Å². The number of rotatable bonds is 9. The maximum absolute atomic E-state index is 14.5. The first-order valence-corrected chi connectivity index (χ1v) is 14.6. The average molecular weight is 658 g/mol. The van der Waals surface area contributed by atoms with Gasteiger partial charge >= 0.3 is 0 Å². The minimum absolute atomic E-state index is 0.0793. The van der Waals surface area contributed by atoms with E-state index in [0.717, 1.165) is 25.6 Å². The van der Waals surface area contributed by atoms with Crippen molar-refractivity contribution in [1.29, 1.82) is 0 Å². The van der Waals surface area contributed by atoms with Gasteiger partial charge in [0.2, 0.25) is 5.90 Å². The highest BCUT2D eigenvalue weighted by Gasteiger charge is 2.55. The van der Waals surface area contributed by atoms with Gasteiger partial charge in [0.1, 0.15) is 5.75 Å². The first-order valence-electron chi connectivity index (χ1n) is 13.0. The molecule has 2 atom stereocenters. The summed E-state index contributed by atoms with van der Waals surface area (Å²) < 4.78 is 19.7. The highest BCUT2D eigenvalue weighted by Crippen LogP contribution is 2.46. The predicted molar refractivity (Wildman–Crippen MR) is 156 cm³/mol. The Morgan fingerprint density at radius 1 is 1.00 bits per heavy atom. The van der Waals surface area contributed by atoms with Gasteiger partial charge < -0.3 is 24.2 Å². The van der Waals surface area contributed by atoms with E-state index in [9.17, 15) is 4.79 Å². The number of aliphatic hydroxyl groups is 1. The summed E-state index contributed by atoms with van der Waals surface area (Å²) in [5.41, 5.74) is 1.34. The minimum Gasteiger partial charge on any atom is -0.494 e. The van der Waals surface area contributed by atoms with Gasteiger partial charge in [0.25, 0.3) is 5.91 Å². The predicted octanol–water partition coefficient (Wildman–Crippen LogP) is 5.33. The Labute approximate surface area is 245 Å². The molecule has 39 heavy (non-hydrogen) atoms. The first-order chi connectivity index (χ1) is 19.0. The topological polar surface area (TPSA) is 80.6 Å². The molecule has 3 aromatic rings. The van der Waals surface area contributed by atoms with Crippen LogP contribution in [0.5, 0.6) is 5.75 Å². The molecule has 0 saturated carbocycles. The number of nitrogens with zero attached hydrogens (tertiary/aromatic N) is 2. The molecular weight excluding hydrogens is 628 g/mol. The maximum Gasteiger partial charge on any atom is 0.255 e. The lowest BCUT2D eigenvalue weighted by Crippen LogP contribution is -2.54. The third-order valence-corrected chi connectivity index (χ3v) is 8.41. The summed E-state index contributed by atoms with van der Waals surface area (Å²) in [7, 11) is 0. The second-order valence-electron chi connectivity index (χ2n) is 9.48. The van der Waals surface area contributed by atoms with Crippen LogP contribution in [0.15, 0.2) is 86.7 Å². The molecule has 0 aliphatic carbocycles. The van der Waals surface area contributed by atoms with Crippen LogP contribution in [-0.2, 0) is 20.7 Å². The third kappa shape index (κ3) is 6.06. The number of ether oxygens (including phenoxy) is 3. The van der Waals surface area contributed by atoms with Crippen molar-refractivity contribution in [2.24, 2.45) is 4.99 Å². The van der Waals surface area contributed by atoms with E-state index in [-0.39, 0.29) is 12.5 Å². The number of hydrogen-bond donors (Lipinski definition) is 1. The molecule has 7 nitrogen and oxygen atoms in total. The van der Waals surface area contributed by atoms with E-state index in [2.05, 4.69) is 31.9 Å². The van der Waals surface area contributed by atoms with E-state index in [1.807, 2.05) is 77.7 Å². The van der Waals surface area contributed by atoms with Gasteiger partial charge in [-0.1, -0.05) is 68.3 Å². The molecule has 9 heteroatoms. The molecule has 3 aromatic carbocycles. The van der Waals surface area contributed by atoms with Gasteiger partial charge in [0, 0.05) is 52.6 Å². The molecule has 0 radical (unpaired) electrons. The molecular formula is C30H30Br2N2O5. The Morgan fingerprint density at radius 3 is 2.38 bits per heavy atom. The number of aliphatic imine (C=N–C) groups is 1. The zero-order valence-corrected chi connectivity index (χ0v) is 24.6. The monoisotopic (exact) mass is 656 g/mol. The summed E-state index contributed by atoms with van der Waals surface area (Å²) in [4.78, 5) is 21.5. The average Bonchev–Trinajstić information content (AvgIpc) is 3.35. The van der Waals surface area contributed by atoms with Gasteiger partial charge in [-0.3, -0.25) is 4.79 Å². The number of morpholine rings is 1. The quantitative estimate of drug-likeness (QED) is 0.315. The maximum atomic E-state index is 14.5.